The largest absolute Gasteiger partial charge is 0.504 e. The van der Waals surface area contributed by atoms with Gasteiger partial charge in [0, 0.05) is 93.4 Å². The van der Waals surface area contributed by atoms with E-state index in [2.05, 4.69) is 26.1 Å². The number of amides is 4. The highest BCUT2D eigenvalue weighted by atomic mass is 35.5. The van der Waals surface area contributed by atoms with Crippen molar-refractivity contribution in [2.45, 2.75) is 71.0 Å². The van der Waals surface area contributed by atoms with Crippen LogP contribution < -0.4 is 24.8 Å². The molecule has 0 radical (unpaired) electrons. The van der Waals surface area contributed by atoms with Crippen molar-refractivity contribution in [2.24, 2.45) is 11.3 Å². The van der Waals surface area contributed by atoms with Gasteiger partial charge in [-0.1, -0.05) is 25.4 Å². The number of halogens is 3. The quantitative estimate of drug-likeness (QED) is 0.187. The van der Waals surface area contributed by atoms with E-state index in [1.54, 1.807) is 11.0 Å². The Labute approximate surface area is 341 Å². The molecular weight excluding hydrogens is 770 g/mol. The first-order valence-corrected chi connectivity index (χ1v) is 20.6. The maximum Gasteiger partial charge on any atom is 0.255 e. The monoisotopic (exact) mass is 818 g/mol. The molecule has 0 unspecified atom stereocenters. The van der Waals surface area contributed by atoms with E-state index in [0.717, 1.165) is 62.9 Å². The Hall–Kier alpha value is -4.95. The molecular formula is C43H49ClF2N6O6. The van der Waals surface area contributed by atoms with Crippen LogP contribution in [0.15, 0.2) is 42.5 Å². The van der Waals surface area contributed by atoms with Gasteiger partial charge in [-0.25, -0.2) is 8.78 Å². The van der Waals surface area contributed by atoms with Gasteiger partial charge in [0.15, 0.2) is 11.6 Å². The van der Waals surface area contributed by atoms with Crippen LogP contribution in [0.5, 0.6) is 11.5 Å². The van der Waals surface area contributed by atoms with Crippen LogP contribution in [0, 0.1) is 23.0 Å². The van der Waals surface area contributed by atoms with Crippen LogP contribution in [0.4, 0.5) is 25.8 Å². The Kier molecular flexibility index (Phi) is 10.8. The molecule has 8 rings (SSSR count). The van der Waals surface area contributed by atoms with E-state index < -0.39 is 40.8 Å². The van der Waals surface area contributed by atoms with Gasteiger partial charge < -0.3 is 29.4 Å². The first kappa shape index (κ1) is 39.9. The van der Waals surface area contributed by atoms with Crippen LogP contribution in [0.2, 0.25) is 5.02 Å². The number of benzene rings is 3. The predicted octanol–water partition coefficient (Wildman–Crippen LogP) is 6.03. The average Bonchev–Trinajstić information content (AvgIpc) is 3.54. The number of phenolic OH excluding ortho intramolecular Hbond substituents is 1. The number of fused-ring (bicyclic) bond motifs is 1. The molecule has 0 saturated carbocycles. The fourth-order valence-corrected chi connectivity index (χ4v) is 10.0. The topological polar surface area (TPSA) is 126 Å². The number of nitrogens with zero attached hydrogens (tertiary/aromatic N) is 5. The lowest BCUT2D eigenvalue weighted by atomic mass is 9.64. The maximum absolute atomic E-state index is 16.2. The Morgan fingerprint density at radius 3 is 2.26 bits per heavy atom. The number of phenols is 1. The van der Waals surface area contributed by atoms with E-state index in [-0.39, 0.29) is 34.9 Å². The summed E-state index contributed by atoms with van der Waals surface area (Å²) in [6.45, 7) is 9.97. The number of piperidine rings is 2. The van der Waals surface area contributed by atoms with Gasteiger partial charge >= 0.3 is 0 Å². The summed E-state index contributed by atoms with van der Waals surface area (Å²) >= 11 is 6.11. The third-order valence-electron chi connectivity index (χ3n) is 13.3. The van der Waals surface area contributed by atoms with Crippen molar-refractivity contribution in [3.63, 3.8) is 0 Å². The van der Waals surface area contributed by atoms with Crippen LogP contribution in [0.1, 0.15) is 79.9 Å². The number of rotatable bonds is 10. The van der Waals surface area contributed by atoms with Crippen LogP contribution >= 0.6 is 11.6 Å². The van der Waals surface area contributed by atoms with Crippen molar-refractivity contribution in [1.82, 2.24) is 15.1 Å². The minimum atomic E-state index is -0.948. The van der Waals surface area contributed by atoms with E-state index in [4.69, 9.17) is 16.3 Å². The predicted molar refractivity (Wildman–Crippen MR) is 215 cm³/mol. The standard InChI is InChI=1S/C43H49ClF2N6O6/c1-4-43(5-2)39(52(42(43)57)28-19-31(44)38(54)33(46)20-28)30-21-32(45)35(22-36(30)58-3)50-12-10-25(11-13-50)23-48-14-16-49(17-15-48)27-6-7-29-26(18-27)24-51(41(29)56)34-8-9-37(53)47-40(34)55/h6-7,18-22,25,34,39,54H,4-5,8-17,23-24H2,1-3H3,(H,47,53,55)/t34-,39-/m0/s1. The van der Waals surface area contributed by atoms with Gasteiger partial charge in [0.2, 0.25) is 17.7 Å². The fraction of sp³-hybridized carbons (Fsp3) is 0.488. The second kappa shape index (κ2) is 15.7. The lowest BCUT2D eigenvalue weighted by Crippen LogP contribution is -2.63. The summed E-state index contributed by atoms with van der Waals surface area (Å²) in [6, 6.07) is 10.2. The number of carbonyl (C=O) groups is 4. The number of aromatic hydroxyl groups is 1. The number of piperazine rings is 1. The molecule has 4 amide bonds. The normalized spacial score (nSPS) is 22.7. The number of ether oxygens (including phenoxy) is 1. The lowest BCUT2D eigenvalue weighted by molar-refractivity contribution is -0.141. The molecule has 0 aromatic heterocycles. The summed E-state index contributed by atoms with van der Waals surface area (Å²) in [7, 11) is 1.52. The first-order chi connectivity index (χ1) is 27.9. The molecule has 3 aromatic rings. The van der Waals surface area contributed by atoms with Crippen molar-refractivity contribution < 1.29 is 37.8 Å². The first-order valence-electron chi connectivity index (χ1n) is 20.3. The summed E-state index contributed by atoms with van der Waals surface area (Å²) < 4.78 is 36.7. The second-order valence-electron chi connectivity index (χ2n) is 16.2. The van der Waals surface area contributed by atoms with Gasteiger partial charge in [-0.2, -0.15) is 0 Å². The molecule has 4 saturated heterocycles. The van der Waals surface area contributed by atoms with Crippen LogP contribution in [-0.4, -0.2) is 97.5 Å². The molecule has 0 spiro atoms. The van der Waals surface area contributed by atoms with E-state index in [9.17, 15) is 28.7 Å². The van der Waals surface area contributed by atoms with Gasteiger partial charge in [0.1, 0.15) is 17.6 Å². The van der Waals surface area contributed by atoms with Crippen LogP contribution in [-0.2, 0) is 20.9 Å². The van der Waals surface area contributed by atoms with Gasteiger partial charge in [-0.3, -0.25) is 29.4 Å². The fourth-order valence-electron chi connectivity index (χ4n) is 9.85. The van der Waals surface area contributed by atoms with Gasteiger partial charge in [0.05, 0.1) is 29.3 Å². The van der Waals surface area contributed by atoms with Crippen molar-refractivity contribution >= 4 is 52.3 Å². The molecule has 4 fully saturated rings. The van der Waals surface area contributed by atoms with E-state index in [1.165, 1.54) is 24.1 Å². The number of nitrogens with one attached hydrogen (secondary N) is 1. The zero-order valence-corrected chi connectivity index (χ0v) is 33.8. The number of β-lactam (4-membered cyclic amide) rings is 1. The number of anilines is 3. The zero-order chi connectivity index (χ0) is 41.0. The van der Waals surface area contributed by atoms with Crippen LogP contribution in [0.3, 0.4) is 0 Å². The molecule has 0 aliphatic carbocycles. The Morgan fingerprint density at radius 1 is 0.879 bits per heavy atom. The third kappa shape index (κ3) is 6.81. The summed E-state index contributed by atoms with van der Waals surface area (Å²) in [5.41, 5.74) is 2.83. The molecule has 5 aliphatic rings. The Morgan fingerprint density at radius 2 is 1.60 bits per heavy atom. The highest BCUT2D eigenvalue weighted by Crippen LogP contribution is 2.58. The molecule has 15 heteroatoms. The molecule has 3 aromatic carbocycles. The molecule has 5 heterocycles. The van der Waals surface area contributed by atoms with Crippen molar-refractivity contribution in [2.75, 3.05) is 67.6 Å². The highest BCUT2D eigenvalue weighted by Gasteiger charge is 2.60. The van der Waals surface area contributed by atoms with Gasteiger partial charge in [-0.15, -0.1) is 0 Å². The van der Waals surface area contributed by atoms with E-state index in [1.807, 2.05) is 26.0 Å². The summed E-state index contributed by atoms with van der Waals surface area (Å²) in [4.78, 5) is 60.9. The van der Waals surface area contributed by atoms with Gasteiger partial charge in [0.25, 0.3) is 5.91 Å². The summed E-state index contributed by atoms with van der Waals surface area (Å²) in [6.07, 6.45) is 3.33. The van der Waals surface area contributed by atoms with Crippen LogP contribution in [0.25, 0.3) is 0 Å². The van der Waals surface area contributed by atoms with E-state index >= 15 is 4.39 Å². The van der Waals surface area contributed by atoms with Gasteiger partial charge in [-0.05, 0) is 73.9 Å². The number of hydrogen-bond acceptors (Lipinski definition) is 9. The number of carbonyl (C=O) groups excluding carboxylic acids is 4. The zero-order valence-electron chi connectivity index (χ0n) is 33.0. The SMILES string of the molecule is CCC1(CC)C(=O)N(c2cc(F)c(O)c(Cl)c2)[C@H]1c1cc(F)c(N2CCC(CN3CCN(c4ccc5c(c4)CN([C@H]4CCC(=O)NC4=O)C5=O)CC3)CC2)cc1OC. The number of methoxy groups -OCH3 is 1. The molecule has 2 atom stereocenters. The van der Waals surface area contributed by atoms with E-state index in [0.29, 0.717) is 67.4 Å². The Balaban J connectivity index is 0.883. The summed E-state index contributed by atoms with van der Waals surface area (Å²) in [5, 5.41) is 12.1. The average molecular weight is 819 g/mol. The lowest BCUT2D eigenvalue weighted by Gasteiger charge is -2.56. The highest BCUT2D eigenvalue weighted by molar-refractivity contribution is 6.32. The minimum Gasteiger partial charge on any atom is -0.504 e. The second-order valence-corrected chi connectivity index (χ2v) is 16.6. The van der Waals surface area contributed by atoms with Crippen molar-refractivity contribution in [3.8, 4) is 11.5 Å². The maximum atomic E-state index is 16.2. The number of imide groups is 1. The molecule has 0 bridgehead atoms. The van der Waals surface area contributed by atoms with Crippen molar-refractivity contribution in [3.05, 3.63) is 75.8 Å². The molecule has 5 aliphatic heterocycles. The third-order valence-corrected chi connectivity index (χ3v) is 13.6. The molecule has 58 heavy (non-hydrogen) atoms. The molecule has 2 N–H and O–H groups in total. The number of hydrogen-bond donors (Lipinski definition) is 2. The smallest absolute Gasteiger partial charge is 0.255 e. The molecule has 308 valence electrons. The summed E-state index contributed by atoms with van der Waals surface area (Å²) in [5.74, 6) is -2.26. The molecule has 12 nitrogen and oxygen atoms in total. The van der Waals surface area contributed by atoms with Crippen molar-refractivity contribution in [1.29, 1.82) is 0 Å². The minimum absolute atomic E-state index is 0.171. The Bertz CT molecular complexity index is 2130.